The van der Waals surface area contributed by atoms with E-state index < -0.39 is 11.9 Å². The average molecular weight is 410 g/mol. The molecule has 0 bridgehead atoms. The molecule has 1 saturated heterocycles. The van der Waals surface area contributed by atoms with E-state index in [4.69, 9.17) is 17.2 Å². The Kier molecular flexibility index (Phi) is 5.86. The number of urea groups is 1. The van der Waals surface area contributed by atoms with E-state index in [0.717, 1.165) is 0 Å². The molecule has 5 amide bonds. The summed E-state index contributed by atoms with van der Waals surface area (Å²) in [4.78, 5) is 49.3. The molecule has 30 heavy (non-hydrogen) atoms. The quantitative estimate of drug-likeness (QED) is 0.451. The minimum Gasteiger partial charge on any atom is -0.397 e. The normalized spacial score (nSPS) is 15.5. The Morgan fingerprint density at radius 1 is 1.00 bits per heavy atom. The van der Waals surface area contributed by atoms with Gasteiger partial charge in [-0.2, -0.15) is 0 Å². The number of primary amides is 2. The molecule has 1 aliphatic heterocycles. The van der Waals surface area contributed by atoms with Crippen molar-refractivity contribution >= 4 is 35.1 Å². The molecule has 1 heterocycles. The largest absolute Gasteiger partial charge is 0.397 e. The minimum atomic E-state index is -0.725. The number of amides is 5. The fourth-order valence-corrected chi connectivity index (χ4v) is 3.35. The van der Waals surface area contributed by atoms with Crippen molar-refractivity contribution in [2.24, 2.45) is 11.5 Å². The van der Waals surface area contributed by atoms with Gasteiger partial charge in [-0.05, 0) is 36.8 Å². The summed E-state index contributed by atoms with van der Waals surface area (Å²) in [6.45, 7) is 0.720. The van der Waals surface area contributed by atoms with E-state index in [1.54, 1.807) is 29.2 Å². The zero-order chi connectivity index (χ0) is 21.8. The first-order valence-electron chi connectivity index (χ1n) is 9.21. The van der Waals surface area contributed by atoms with Gasteiger partial charge in [0.2, 0.25) is 0 Å². The van der Waals surface area contributed by atoms with Gasteiger partial charge in [0.1, 0.15) is 0 Å². The van der Waals surface area contributed by atoms with Gasteiger partial charge in [-0.25, -0.2) is 4.79 Å². The van der Waals surface area contributed by atoms with Crippen LogP contribution < -0.4 is 27.8 Å². The number of likely N-dealkylation sites (tertiary alicyclic amines) is 1. The molecule has 0 aromatic heterocycles. The molecule has 10 nitrogen and oxygen atoms in total. The van der Waals surface area contributed by atoms with Crippen molar-refractivity contribution in [2.75, 3.05) is 24.1 Å². The molecule has 1 fully saturated rings. The standard InChI is InChI=1S/C20H22N6O4/c21-16-14(17(22)27)5-2-6-15(16)19(29)26-8-7-13(10-26)24-18(28)11-3-1-4-12(9-11)25-20(23)30/h1-6,9,13H,7-8,10,21H2,(H2,22,27)(H,24,28)(H3,23,25,30)/t13-/m1/s1. The zero-order valence-electron chi connectivity index (χ0n) is 16.1. The first-order valence-corrected chi connectivity index (χ1v) is 9.21. The van der Waals surface area contributed by atoms with Gasteiger partial charge < -0.3 is 32.7 Å². The Morgan fingerprint density at radius 2 is 1.70 bits per heavy atom. The Morgan fingerprint density at radius 3 is 2.40 bits per heavy atom. The molecule has 0 aliphatic carbocycles. The lowest BCUT2D eigenvalue weighted by Crippen LogP contribution is -2.38. The smallest absolute Gasteiger partial charge is 0.316 e. The predicted molar refractivity (Wildman–Crippen MR) is 111 cm³/mol. The highest BCUT2D eigenvalue weighted by Gasteiger charge is 2.29. The van der Waals surface area contributed by atoms with Crippen LogP contribution in [0.5, 0.6) is 0 Å². The molecule has 0 saturated carbocycles. The van der Waals surface area contributed by atoms with Crippen LogP contribution in [0, 0.1) is 0 Å². The number of para-hydroxylation sites is 1. The van der Waals surface area contributed by atoms with Crippen molar-refractivity contribution < 1.29 is 19.2 Å². The fraction of sp³-hybridized carbons (Fsp3) is 0.200. The van der Waals surface area contributed by atoms with Gasteiger partial charge >= 0.3 is 6.03 Å². The molecule has 156 valence electrons. The van der Waals surface area contributed by atoms with Crippen LogP contribution in [-0.2, 0) is 0 Å². The van der Waals surface area contributed by atoms with E-state index in [1.807, 2.05) is 0 Å². The van der Waals surface area contributed by atoms with E-state index in [2.05, 4.69) is 10.6 Å². The maximum Gasteiger partial charge on any atom is 0.316 e. The highest BCUT2D eigenvalue weighted by atomic mass is 16.2. The second kappa shape index (κ2) is 8.52. The molecule has 10 heteroatoms. The third-order valence-electron chi connectivity index (χ3n) is 4.80. The maximum absolute atomic E-state index is 12.8. The second-order valence-corrected chi connectivity index (χ2v) is 6.91. The Balaban J connectivity index is 1.65. The van der Waals surface area contributed by atoms with Gasteiger partial charge in [-0.15, -0.1) is 0 Å². The first kappa shape index (κ1) is 20.6. The zero-order valence-corrected chi connectivity index (χ0v) is 16.1. The van der Waals surface area contributed by atoms with Crippen molar-refractivity contribution in [3.05, 3.63) is 59.2 Å². The van der Waals surface area contributed by atoms with E-state index in [-0.39, 0.29) is 34.7 Å². The number of hydrogen-bond donors (Lipinski definition) is 5. The number of rotatable bonds is 5. The molecule has 8 N–H and O–H groups in total. The van der Waals surface area contributed by atoms with Gasteiger partial charge in [0, 0.05) is 30.4 Å². The van der Waals surface area contributed by atoms with Crippen LogP contribution in [0.25, 0.3) is 0 Å². The minimum absolute atomic E-state index is 0.0428. The molecule has 2 aromatic carbocycles. The lowest BCUT2D eigenvalue weighted by atomic mass is 10.1. The number of nitrogens with two attached hydrogens (primary N) is 3. The van der Waals surface area contributed by atoms with E-state index in [1.165, 1.54) is 18.2 Å². The van der Waals surface area contributed by atoms with Crippen molar-refractivity contribution in [1.82, 2.24) is 10.2 Å². The van der Waals surface area contributed by atoms with E-state index in [9.17, 15) is 19.2 Å². The monoisotopic (exact) mass is 410 g/mol. The molecule has 3 rings (SSSR count). The van der Waals surface area contributed by atoms with Crippen LogP contribution in [0.2, 0.25) is 0 Å². The summed E-state index contributed by atoms with van der Waals surface area (Å²) in [6.07, 6.45) is 0.562. The summed E-state index contributed by atoms with van der Waals surface area (Å²) in [5, 5.41) is 5.29. The van der Waals surface area contributed by atoms with Gasteiger partial charge in [-0.3, -0.25) is 14.4 Å². The molecular weight excluding hydrogens is 388 g/mol. The summed E-state index contributed by atoms with van der Waals surface area (Å²) < 4.78 is 0. The summed E-state index contributed by atoms with van der Waals surface area (Å²) >= 11 is 0. The van der Waals surface area contributed by atoms with Gasteiger partial charge in [0.25, 0.3) is 17.7 Å². The van der Waals surface area contributed by atoms with Gasteiger partial charge in [-0.1, -0.05) is 12.1 Å². The van der Waals surface area contributed by atoms with Crippen LogP contribution in [0.4, 0.5) is 16.2 Å². The fourth-order valence-electron chi connectivity index (χ4n) is 3.35. The van der Waals surface area contributed by atoms with E-state index in [0.29, 0.717) is 30.8 Å². The number of hydrogen-bond acceptors (Lipinski definition) is 5. The predicted octanol–water partition coefficient (Wildman–Crippen LogP) is 0.503. The molecular formula is C20H22N6O4. The summed E-state index contributed by atoms with van der Waals surface area (Å²) in [5.41, 5.74) is 17.4. The van der Waals surface area contributed by atoms with Crippen LogP contribution in [-0.4, -0.2) is 47.8 Å². The number of carbonyl (C=O) groups excluding carboxylic acids is 4. The third kappa shape index (κ3) is 4.49. The SMILES string of the molecule is NC(=O)Nc1cccc(C(=O)N[C@@H]2CCN(C(=O)c3cccc(C(N)=O)c3N)C2)c1. The lowest BCUT2D eigenvalue weighted by molar-refractivity contribution is 0.0784. The Labute approximate surface area is 172 Å². The third-order valence-corrected chi connectivity index (χ3v) is 4.80. The van der Waals surface area contributed by atoms with Gasteiger partial charge in [0.15, 0.2) is 0 Å². The average Bonchev–Trinajstić information content (AvgIpc) is 3.15. The second-order valence-electron chi connectivity index (χ2n) is 6.91. The maximum atomic E-state index is 12.8. The number of benzene rings is 2. The van der Waals surface area contributed by atoms with Crippen LogP contribution in [0.3, 0.4) is 0 Å². The Hall–Kier alpha value is -4.08. The summed E-state index contributed by atoms with van der Waals surface area (Å²) in [7, 11) is 0. The highest BCUT2D eigenvalue weighted by Crippen LogP contribution is 2.22. The van der Waals surface area contributed by atoms with Crippen molar-refractivity contribution in [3.63, 3.8) is 0 Å². The van der Waals surface area contributed by atoms with E-state index >= 15 is 0 Å². The molecule has 0 radical (unpaired) electrons. The topological polar surface area (TPSA) is 174 Å². The van der Waals surface area contributed by atoms with Crippen molar-refractivity contribution in [1.29, 1.82) is 0 Å². The molecule has 2 aromatic rings. The molecule has 0 spiro atoms. The molecule has 0 unspecified atom stereocenters. The number of nitrogen functional groups attached to an aromatic ring is 1. The van der Waals surface area contributed by atoms with Crippen LogP contribution in [0.1, 0.15) is 37.5 Å². The summed E-state index contributed by atoms with van der Waals surface area (Å²) in [6, 6.07) is 9.92. The number of carbonyl (C=O) groups is 4. The summed E-state index contributed by atoms with van der Waals surface area (Å²) in [5.74, 6) is -1.38. The number of nitrogens with one attached hydrogen (secondary N) is 2. The van der Waals surface area contributed by atoms with Crippen LogP contribution in [0.15, 0.2) is 42.5 Å². The molecule has 1 atom stereocenters. The van der Waals surface area contributed by atoms with Crippen LogP contribution >= 0.6 is 0 Å². The Bertz CT molecular complexity index is 1020. The number of anilines is 2. The molecule has 1 aliphatic rings. The van der Waals surface area contributed by atoms with Crippen molar-refractivity contribution in [3.8, 4) is 0 Å². The lowest BCUT2D eigenvalue weighted by Gasteiger charge is -2.19. The highest BCUT2D eigenvalue weighted by molar-refractivity contribution is 6.06. The number of nitrogens with zero attached hydrogens (tertiary/aromatic N) is 1. The van der Waals surface area contributed by atoms with Gasteiger partial charge in [0.05, 0.1) is 16.8 Å². The first-order chi connectivity index (χ1) is 14.3. The van der Waals surface area contributed by atoms with Crippen molar-refractivity contribution in [2.45, 2.75) is 12.5 Å².